The number of nitrogens with two attached hydrogens (primary N) is 1. The van der Waals surface area contributed by atoms with Crippen LogP contribution in [0, 0.1) is 15.5 Å². The van der Waals surface area contributed by atoms with E-state index in [2.05, 4.69) is 0 Å². The van der Waals surface area contributed by atoms with Gasteiger partial charge in [-0.1, -0.05) is 0 Å². The summed E-state index contributed by atoms with van der Waals surface area (Å²) < 4.78 is 5.11. The summed E-state index contributed by atoms with van der Waals surface area (Å²) in [6.07, 6.45) is 0. The van der Waals surface area contributed by atoms with Gasteiger partial charge >= 0.3 is 0 Å². The van der Waals surface area contributed by atoms with Crippen LogP contribution in [0.15, 0.2) is 30.0 Å². The molecule has 0 saturated carbocycles. The number of rotatable bonds is 4. The minimum atomic E-state index is -0.476. The number of nitrogens with zero attached hydrogens (tertiary/aromatic N) is 1. The van der Waals surface area contributed by atoms with E-state index in [0.717, 1.165) is 0 Å². The standard InChI is InChI=1S/C12H15N3O3/c1-3-18-12(14)11(8(2)13)9-4-6-10(7-5-9)15(16)17/h4-7,14H,3,13H2,1-2H3/b11-8-,14-12?. The second-order valence-corrected chi connectivity index (χ2v) is 3.62. The second-order valence-electron chi connectivity index (χ2n) is 3.62. The van der Waals surface area contributed by atoms with Gasteiger partial charge in [-0.15, -0.1) is 0 Å². The number of hydrogen-bond acceptors (Lipinski definition) is 5. The number of ether oxygens (including phenoxy) is 1. The Bertz CT molecular complexity index is 488. The van der Waals surface area contributed by atoms with Crippen LogP contribution in [-0.2, 0) is 4.74 Å². The number of hydrogen-bond donors (Lipinski definition) is 2. The van der Waals surface area contributed by atoms with Gasteiger partial charge in [0.05, 0.1) is 17.1 Å². The molecule has 6 heteroatoms. The largest absolute Gasteiger partial charge is 0.478 e. The van der Waals surface area contributed by atoms with E-state index in [1.807, 2.05) is 0 Å². The minimum Gasteiger partial charge on any atom is -0.478 e. The van der Waals surface area contributed by atoms with Gasteiger partial charge in [0.15, 0.2) is 0 Å². The number of nitro benzene ring substituents is 1. The van der Waals surface area contributed by atoms with Gasteiger partial charge in [-0.05, 0) is 31.5 Å². The maximum absolute atomic E-state index is 10.6. The highest BCUT2D eigenvalue weighted by Gasteiger charge is 2.13. The van der Waals surface area contributed by atoms with Crippen LogP contribution < -0.4 is 5.73 Å². The first kappa shape index (κ1) is 13.7. The molecule has 0 fully saturated rings. The Morgan fingerprint density at radius 2 is 2.00 bits per heavy atom. The average molecular weight is 249 g/mol. The second kappa shape index (κ2) is 5.81. The van der Waals surface area contributed by atoms with Crippen molar-refractivity contribution >= 4 is 17.2 Å². The molecule has 0 atom stereocenters. The highest BCUT2D eigenvalue weighted by atomic mass is 16.6. The van der Waals surface area contributed by atoms with Gasteiger partial charge in [-0.3, -0.25) is 15.5 Å². The topological polar surface area (TPSA) is 102 Å². The summed E-state index contributed by atoms with van der Waals surface area (Å²) in [5, 5.41) is 18.3. The molecule has 6 nitrogen and oxygen atoms in total. The Labute approximate surface area is 105 Å². The molecule has 1 aromatic rings. The highest BCUT2D eigenvalue weighted by Crippen LogP contribution is 2.21. The molecular formula is C12H15N3O3. The van der Waals surface area contributed by atoms with Crippen molar-refractivity contribution in [1.82, 2.24) is 0 Å². The molecule has 96 valence electrons. The first-order valence-electron chi connectivity index (χ1n) is 5.40. The molecule has 1 aromatic carbocycles. The van der Waals surface area contributed by atoms with Crippen LogP contribution in [0.4, 0.5) is 5.69 Å². The Morgan fingerprint density at radius 1 is 1.44 bits per heavy atom. The summed E-state index contributed by atoms with van der Waals surface area (Å²) in [5.41, 5.74) is 7.23. The molecule has 1 rings (SSSR count). The zero-order chi connectivity index (χ0) is 13.7. The molecule has 0 spiro atoms. The van der Waals surface area contributed by atoms with E-state index in [1.54, 1.807) is 26.0 Å². The smallest absolute Gasteiger partial charge is 0.269 e. The van der Waals surface area contributed by atoms with Crippen LogP contribution in [0.25, 0.3) is 5.57 Å². The lowest BCUT2D eigenvalue weighted by Crippen LogP contribution is -2.11. The van der Waals surface area contributed by atoms with Gasteiger partial charge in [-0.2, -0.15) is 0 Å². The van der Waals surface area contributed by atoms with Crippen molar-refractivity contribution in [2.75, 3.05) is 6.61 Å². The van der Waals surface area contributed by atoms with E-state index in [1.165, 1.54) is 12.1 Å². The van der Waals surface area contributed by atoms with Gasteiger partial charge in [0.1, 0.15) is 0 Å². The van der Waals surface area contributed by atoms with Gasteiger partial charge in [0.2, 0.25) is 5.90 Å². The molecule has 0 aliphatic heterocycles. The first-order valence-corrected chi connectivity index (χ1v) is 5.40. The van der Waals surface area contributed by atoms with Gasteiger partial charge in [0.25, 0.3) is 5.69 Å². The van der Waals surface area contributed by atoms with Crippen LogP contribution in [-0.4, -0.2) is 17.4 Å². The van der Waals surface area contributed by atoms with Crippen molar-refractivity contribution in [3.63, 3.8) is 0 Å². The van der Waals surface area contributed by atoms with Crippen LogP contribution in [0.5, 0.6) is 0 Å². The Hall–Kier alpha value is -2.37. The molecule has 0 aliphatic rings. The Balaban J connectivity index is 3.13. The van der Waals surface area contributed by atoms with Crippen LogP contribution >= 0.6 is 0 Å². The summed E-state index contributed by atoms with van der Waals surface area (Å²) in [6.45, 7) is 3.79. The zero-order valence-corrected chi connectivity index (χ0v) is 10.3. The highest BCUT2D eigenvalue weighted by molar-refractivity contribution is 6.18. The summed E-state index contributed by atoms with van der Waals surface area (Å²) >= 11 is 0. The summed E-state index contributed by atoms with van der Waals surface area (Å²) in [6, 6.07) is 5.85. The van der Waals surface area contributed by atoms with Crippen LogP contribution in [0.1, 0.15) is 19.4 Å². The summed E-state index contributed by atoms with van der Waals surface area (Å²) in [4.78, 5) is 10.1. The fraction of sp³-hybridized carbons (Fsp3) is 0.250. The first-order chi connectivity index (χ1) is 8.47. The maximum atomic E-state index is 10.6. The lowest BCUT2D eigenvalue weighted by molar-refractivity contribution is -0.384. The van der Waals surface area contributed by atoms with Crippen molar-refractivity contribution < 1.29 is 9.66 Å². The maximum Gasteiger partial charge on any atom is 0.269 e. The van der Waals surface area contributed by atoms with Crippen molar-refractivity contribution in [3.8, 4) is 0 Å². The molecule has 0 aromatic heterocycles. The monoisotopic (exact) mass is 249 g/mol. The van der Waals surface area contributed by atoms with Crippen LogP contribution in [0.2, 0.25) is 0 Å². The SMILES string of the molecule is CCOC(=N)/C(=C(/C)N)c1ccc([N+](=O)[O-])cc1. The van der Waals surface area contributed by atoms with E-state index in [-0.39, 0.29) is 11.6 Å². The third-order valence-corrected chi connectivity index (χ3v) is 2.28. The average Bonchev–Trinajstić information content (AvgIpc) is 2.29. The quantitative estimate of drug-likeness (QED) is 0.370. The number of nitrogens with one attached hydrogen (secondary N) is 1. The van der Waals surface area contributed by atoms with E-state index in [9.17, 15) is 10.1 Å². The molecule has 0 radical (unpaired) electrons. The lowest BCUT2D eigenvalue weighted by atomic mass is 10.0. The molecule has 0 amide bonds. The number of benzene rings is 1. The minimum absolute atomic E-state index is 0.00397. The van der Waals surface area contributed by atoms with E-state index < -0.39 is 4.92 Å². The number of allylic oxidation sites excluding steroid dienone is 1. The number of nitro groups is 1. The van der Waals surface area contributed by atoms with Crippen molar-refractivity contribution in [2.45, 2.75) is 13.8 Å². The lowest BCUT2D eigenvalue weighted by Gasteiger charge is -2.11. The van der Waals surface area contributed by atoms with Crippen molar-refractivity contribution in [1.29, 1.82) is 5.41 Å². The molecule has 0 bridgehead atoms. The molecule has 0 unspecified atom stereocenters. The normalized spacial score (nSPS) is 11.7. The molecule has 3 N–H and O–H groups in total. The molecule has 0 aliphatic carbocycles. The Kier molecular flexibility index (Phi) is 4.42. The van der Waals surface area contributed by atoms with Gasteiger partial charge in [0, 0.05) is 17.8 Å². The van der Waals surface area contributed by atoms with Crippen molar-refractivity contribution in [2.24, 2.45) is 5.73 Å². The van der Waals surface area contributed by atoms with E-state index in [4.69, 9.17) is 15.9 Å². The fourth-order valence-electron chi connectivity index (χ4n) is 1.50. The van der Waals surface area contributed by atoms with E-state index >= 15 is 0 Å². The third kappa shape index (κ3) is 3.07. The number of non-ortho nitro benzene ring substituents is 1. The van der Waals surface area contributed by atoms with Crippen molar-refractivity contribution in [3.05, 3.63) is 45.6 Å². The predicted molar refractivity (Wildman–Crippen MR) is 69.2 cm³/mol. The van der Waals surface area contributed by atoms with Gasteiger partial charge < -0.3 is 10.5 Å². The Morgan fingerprint density at radius 3 is 2.39 bits per heavy atom. The molecule has 0 heterocycles. The van der Waals surface area contributed by atoms with Crippen LogP contribution in [0.3, 0.4) is 0 Å². The van der Waals surface area contributed by atoms with Gasteiger partial charge in [-0.25, -0.2) is 0 Å². The molecular weight excluding hydrogens is 234 g/mol. The molecule has 18 heavy (non-hydrogen) atoms. The zero-order valence-electron chi connectivity index (χ0n) is 10.3. The summed E-state index contributed by atoms with van der Waals surface area (Å²) in [7, 11) is 0. The fourth-order valence-corrected chi connectivity index (χ4v) is 1.50. The predicted octanol–water partition coefficient (Wildman–Crippen LogP) is 2.30. The summed E-state index contributed by atoms with van der Waals surface area (Å²) in [5.74, 6) is -0.0358. The van der Waals surface area contributed by atoms with E-state index in [0.29, 0.717) is 23.4 Å². The third-order valence-electron chi connectivity index (χ3n) is 2.28. The molecule has 0 saturated heterocycles.